The van der Waals surface area contributed by atoms with Gasteiger partial charge in [-0.3, -0.25) is 0 Å². The molecule has 0 amide bonds. The van der Waals surface area contributed by atoms with Gasteiger partial charge in [-0.25, -0.2) is 4.79 Å². The van der Waals surface area contributed by atoms with Crippen LogP contribution in [0.4, 0.5) is 0 Å². The van der Waals surface area contributed by atoms with Gasteiger partial charge in [-0.15, -0.1) is 0 Å². The van der Waals surface area contributed by atoms with Crippen LogP contribution in [-0.4, -0.2) is 18.9 Å². The number of ether oxygens (including phenoxy) is 2. The summed E-state index contributed by atoms with van der Waals surface area (Å²) < 4.78 is 10.4. The summed E-state index contributed by atoms with van der Waals surface area (Å²) in [4.78, 5) is 11.7. The monoisotopic (exact) mass is 234 g/mol. The minimum atomic E-state index is -0.512. The van der Waals surface area contributed by atoms with E-state index in [2.05, 4.69) is 6.58 Å². The minimum absolute atomic E-state index is 0.371. The van der Waals surface area contributed by atoms with Crippen molar-refractivity contribution in [1.29, 1.82) is 0 Å². The molecular weight excluding hydrogens is 216 g/mol. The maximum absolute atomic E-state index is 11.7. The van der Waals surface area contributed by atoms with E-state index < -0.39 is 6.29 Å². The van der Waals surface area contributed by atoms with Crippen molar-refractivity contribution >= 4 is 12.0 Å². The molecule has 0 N–H and O–H groups in total. The zero-order valence-corrected chi connectivity index (χ0v) is 10.3. The predicted molar refractivity (Wildman–Crippen MR) is 67.7 cm³/mol. The second-order valence-corrected chi connectivity index (χ2v) is 3.67. The Morgan fingerprint density at radius 3 is 2.59 bits per heavy atom. The van der Waals surface area contributed by atoms with Crippen molar-refractivity contribution in [1.82, 2.24) is 0 Å². The van der Waals surface area contributed by atoms with Crippen LogP contribution >= 0.6 is 0 Å². The van der Waals surface area contributed by atoms with Crippen molar-refractivity contribution in [3.05, 3.63) is 42.0 Å². The Labute approximate surface area is 102 Å². The van der Waals surface area contributed by atoms with E-state index in [4.69, 9.17) is 9.47 Å². The molecule has 0 aliphatic rings. The number of hydrogen-bond donors (Lipinski definition) is 0. The van der Waals surface area contributed by atoms with Crippen molar-refractivity contribution in [3.63, 3.8) is 0 Å². The third-order valence-corrected chi connectivity index (χ3v) is 2.21. The number of benzene rings is 1. The lowest BCUT2D eigenvalue weighted by Gasteiger charge is -2.13. The first-order valence-electron chi connectivity index (χ1n) is 5.72. The second-order valence-electron chi connectivity index (χ2n) is 3.67. The Kier molecular flexibility index (Phi) is 5.43. The number of rotatable bonds is 6. The Hall–Kier alpha value is -1.61. The fraction of sp³-hybridized carbons (Fsp3) is 0.357. The first-order valence-corrected chi connectivity index (χ1v) is 5.72. The third kappa shape index (κ3) is 4.41. The van der Waals surface area contributed by atoms with Crippen LogP contribution in [-0.2, 0) is 9.47 Å². The van der Waals surface area contributed by atoms with E-state index in [0.717, 1.165) is 12.0 Å². The molecule has 1 atom stereocenters. The Balaban J connectivity index is 2.54. The first kappa shape index (κ1) is 13.5. The first-order chi connectivity index (χ1) is 8.17. The summed E-state index contributed by atoms with van der Waals surface area (Å²) in [6.07, 6.45) is 2.11. The van der Waals surface area contributed by atoms with Gasteiger partial charge in [0, 0.05) is 0 Å². The van der Waals surface area contributed by atoms with Gasteiger partial charge in [0.25, 0.3) is 0 Å². The highest BCUT2D eigenvalue weighted by atomic mass is 16.7. The maximum atomic E-state index is 11.7. The maximum Gasteiger partial charge on any atom is 0.340 e. The molecule has 1 unspecified atom stereocenters. The molecule has 1 aromatic rings. The van der Waals surface area contributed by atoms with Gasteiger partial charge in [0.05, 0.1) is 12.2 Å². The van der Waals surface area contributed by atoms with Gasteiger partial charge in [-0.05, 0) is 31.0 Å². The molecule has 0 fully saturated rings. The smallest absolute Gasteiger partial charge is 0.340 e. The van der Waals surface area contributed by atoms with Gasteiger partial charge in [0.1, 0.15) is 0 Å². The Bertz CT molecular complexity index is 368. The average molecular weight is 234 g/mol. The molecule has 0 aromatic heterocycles. The Morgan fingerprint density at radius 2 is 2.06 bits per heavy atom. The molecule has 0 aliphatic carbocycles. The van der Waals surface area contributed by atoms with Crippen LogP contribution in [0.3, 0.4) is 0 Å². The SMILES string of the molecule is C=Cc1ccc(C(=O)OC(C)OCCC)cc1. The van der Waals surface area contributed by atoms with Gasteiger partial charge >= 0.3 is 5.97 Å². The molecule has 0 saturated carbocycles. The van der Waals surface area contributed by atoms with Crippen molar-refractivity contribution in [2.75, 3.05) is 6.61 Å². The highest BCUT2D eigenvalue weighted by Gasteiger charge is 2.11. The van der Waals surface area contributed by atoms with Crippen LogP contribution in [0.1, 0.15) is 36.2 Å². The standard InChI is InChI=1S/C14H18O3/c1-4-10-16-11(3)17-14(15)13-8-6-12(5-2)7-9-13/h5-9,11H,2,4,10H2,1,3H3. The van der Waals surface area contributed by atoms with Crippen molar-refractivity contribution in [2.45, 2.75) is 26.6 Å². The van der Waals surface area contributed by atoms with E-state index in [9.17, 15) is 4.79 Å². The lowest BCUT2D eigenvalue weighted by Crippen LogP contribution is -2.18. The van der Waals surface area contributed by atoms with Crippen molar-refractivity contribution in [3.8, 4) is 0 Å². The van der Waals surface area contributed by atoms with E-state index in [1.807, 2.05) is 19.1 Å². The van der Waals surface area contributed by atoms with Gasteiger partial charge in [0.2, 0.25) is 0 Å². The summed E-state index contributed by atoms with van der Waals surface area (Å²) >= 11 is 0. The summed E-state index contributed by atoms with van der Waals surface area (Å²) in [5.41, 5.74) is 1.49. The summed E-state index contributed by atoms with van der Waals surface area (Å²) in [5, 5.41) is 0. The summed E-state index contributed by atoms with van der Waals surface area (Å²) in [6.45, 7) is 7.96. The van der Waals surface area contributed by atoms with Crippen LogP contribution in [0.25, 0.3) is 6.08 Å². The molecule has 3 heteroatoms. The van der Waals surface area contributed by atoms with Crippen LogP contribution in [0, 0.1) is 0 Å². The molecule has 0 heterocycles. The fourth-order valence-corrected chi connectivity index (χ4v) is 1.29. The van der Waals surface area contributed by atoms with E-state index in [1.54, 1.807) is 25.1 Å². The predicted octanol–water partition coefficient (Wildman–Crippen LogP) is 3.26. The summed E-state index contributed by atoms with van der Waals surface area (Å²) in [5.74, 6) is -0.371. The van der Waals surface area contributed by atoms with Gasteiger partial charge in [-0.2, -0.15) is 0 Å². The number of hydrogen-bond acceptors (Lipinski definition) is 3. The van der Waals surface area contributed by atoms with E-state index in [0.29, 0.717) is 12.2 Å². The molecule has 0 aliphatic heterocycles. The van der Waals surface area contributed by atoms with Crippen LogP contribution < -0.4 is 0 Å². The van der Waals surface area contributed by atoms with Gasteiger partial charge in [0.15, 0.2) is 6.29 Å². The van der Waals surface area contributed by atoms with E-state index >= 15 is 0 Å². The molecule has 0 bridgehead atoms. The normalized spacial score (nSPS) is 11.9. The van der Waals surface area contributed by atoms with Gasteiger partial charge in [-0.1, -0.05) is 31.7 Å². The number of carbonyl (C=O) groups is 1. The highest BCUT2D eigenvalue weighted by Crippen LogP contribution is 2.08. The molecular formula is C14H18O3. The zero-order chi connectivity index (χ0) is 12.7. The zero-order valence-electron chi connectivity index (χ0n) is 10.3. The van der Waals surface area contributed by atoms with Crippen LogP contribution in [0.15, 0.2) is 30.8 Å². The van der Waals surface area contributed by atoms with E-state index in [-0.39, 0.29) is 5.97 Å². The number of carbonyl (C=O) groups excluding carboxylic acids is 1. The average Bonchev–Trinajstić information content (AvgIpc) is 2.36. The highest BCUT2D eigenvalue weighted by molar-refractivity contribution is 5.89. The van der Waals surface area contributed by atoms with Crippen molar-refractivity contribution < 1.29 is 14.3 Å². The Morgan fingerprint density at radius 1 is 1.41 bits per heavy atom. The molecule has 1 aromatic carbocycles. The molecule has 1 rings (SSSR count). The number of esters is 1. The lowest BCUT2D eigenvalue weighted by molar-refractivity contribution is -0.0977. The summed E-state index contributed by atoms with van der Waals surface area (Å²) in [7, 11) is 0. The quantitative estimate of drug-likeness (QED) is 0.560. The van der Waals surface area contributed by atoms with Crippen LogP contribution in [0.5, 0.6) is 0 Å². The topological polar surface area (TPSA) is 35.5 Å². The van der Waals surface area contributed by atoms with E-state index in [1.165, 1.54) is 0 Å². The molecule has 17 heavy (non-hydrogen) atoms. The molecule has 0 spiro atoms. The largest absolute Gasteiger partial charge is 0.432 e. The molecule has 3 nitrogen and oxygen atoms in total. The summed E-state index contributed by atoms with van der Waals surface area (Å²) in [6, 6.07) is 7.07. The molecule has 0 radical (unpaired) electrons. The van der Waals surface area contributed by atoms with Gasteiger partial charge < -0.3 is 9.47 Å². The van der Waals surface area contributed by atoms with Crippen molar-refractivity contribution in [2.24, 2.45) is 0 Å². The third-order valence-electron chi connectivity index (χ3n) is 2.21. The minimum Gasteiger partial charge on any atom is -0.432 e. The molecule has 0 saturated heterocycles. The lowest BCUT2D eigenvalue weighted by atomic mass is 10.1. The van der Waals surface area contributed by atoms with Crippen LogP contribution in [0.2, 0.25) is 0 Å². The fourth-order valence-electron chi connectivity index (χ4n) is 1.29. The second kappa shape index (κ2) is 6.86. The molecule has 92 valence electrons.